The van der Waals surface area contributed by atoms with E-state index >= 15 is 0 Å². The zero-order valence-electron chi connectivity index (χ0n) is 56.1. The van der Waals surface area contributed by atoms with Gasteiger partial charge in [0.2, 0.25) is 0 Å². The fourth-order valence-electron chi connectivity index (χ4n) is 9.58. The molecule has 4 amide bonds. The number of carbonyl (C=O) groups is 4. The molecular weight excluding hydrogens is 1350 g/mol. The van der Waals surface area contributed by atoms with Crippen molar-refractivity contribution in [3.8, 4) is 0 Å². The predicted molar refractivity (Wildman–Crippen MR) is 359 cm³/mol. The molecule has 4 aliphatic heterocycles. The van der Waals surface area contributed by atoms with Crippen LogP contribution in [0.4, 0.5) is 60.0 Å². The smallest absolute Gasteiger partial charge is 0.425 e. The zero-order valence-corrected chi connectivity index (χ0v) is 59.4. The fraction of sp³-hybridized carbons (Fsp3) is 0.667. The van der Waals surface area contributed by atoms with Gasteiger partial charge in [-0.05, 0) is 120 Å². The lowest BCUT2D eigenvalue weighted by atomic mass is 10.0. The number of ether oxygens (including phenoxy) is 4. The molecular formula is C60H88F4N12O16S4. The number of hydrogen-bond acceptors (Lipinski definition) is 26. The molecule has 36 heteroatoms. The number of alkyl halides is 4. The highest BCUT2D eigenvalue weighted by Gasteiger charge is 2.48. The van der Waals surface area contributed by atoms with Gasteiger partial charge in [-0.2, -0.15) is 29.7 Å². The van der Waals surface area contributed by atoms with Gasteiger partial charge in [0.25, 0.3) is 0 Å². The summed E-state index contributed by atoms with van der Waals surface area (Å²) in [6.07, 6.45) is -5.37. The van der Waals surface area contributed by atoms with Gasteiger partial charge in [-0.1, -0.05) is 27.7 Å². The molecule has 96 heavy (non-hydrogen) atoms. The van der Waals surface area contributed by atoms with Crippen molar-refractivity contribution in [3.63, 3.8) is 0 Å². The Morgan fingerprint density at radius 3 is 0.969 bits per heavy atom. The summed E-state index contributed by atoms with van der Waals surface area (Å²) in [5, 5.41) is 33.3. The number of rotatable bonds is 10. The summed E-state index contributed by atoms with van der Waals surface area (Å²) in [7, 11) is 0. The average molecular weight is 1440 g/mol. The highest BCUT2D eigenvalue weighted by atomic mass is 32.2. The normalized spacial score (nSPS) is 27.2. The fourth-order valence-corrected chi connectivity index (χ4v) is 15.6. The molecule has 0 radical (unpaired) electrons. The molecule has 0 aromatic carbocycles. The topological polar surface area (TPSA) is 384 Å². The van der Waals surface area contributed by atoms with Crippen LogP contribution in [0.2, 0.25) is 0 Å². The molecule has 4 aromatic heterocycles. The Labute approximate surface area is 569 Å². The number of imide groups is 2. The van der Waals surface area contributed by atoms with Crippen molar-refractivity contribution in [1.29, 1.82) is 0 Å². The highest BCUT2D eigenvalue weighted by Crippen LogP contribution is 2.49. The van der Waals surface area contributed by atoms with Gasteiger partial charge in [-0.3, -0.25) is 18.3 Å². The van der Waals surface area contributed by atoms with E-state index in [4.69, 9.17) is 35.5 Å². The van der Waals surface area contributed by atoms with Crippen LogP contribution in [0.25, 0.3) is 0 Å². The number of halogens is 4. The van der Waals surface area contributed by atoms with Crippen LogP contribution in [0.1, 0.15) is 145 Å². The van der Waals surface area contributed by atoms with E-state index in [1.165, 1.54) is 81.7 Å². The summed E-state index contributed by atoms with van der Waals surface area (Å²) in [6.45, 7) is 26.4. The van der Waals surface area contributed by atoms with Crippen molar-refractivity contribution in [2.45, 2.75) is 225 Å². The van der Waals surface area contributed by atoms with Crippen molar-refractivity contribution in [2.24, 2.45) is 11.8 Å². The van der Waals surface area contributed by atoms with Crippen LogP contribution in [-0.2, 0) is 18.9 Å². The second-order valence-corrected chi connectivity index (χ2v) is 32.0. The van der Waals surface area contributed by atoms with Gasteiger partial charge >= 0.3 is 47.1 Å². The molecule has 0 saturated carbocycles. The third kappa shape index (κ3) is 20.8. The van der Waals surface area contributed by atoms with E-state index in [9.17, 15) is 71.2 Å². The number of aromatic nitrogens is 8. The number of carbonyl (C=O) groups excluding carboxylic acids is 4. The van der Waals surface area contributed by atoms with Gasteiger partial charge in [0.15, 0.2) is 24.0 Å². The Balaban J connectivity index is 0.000000240. The van der Waals surface area contributed by atoms with Gasteiger partial charge in [-0.25, -0.2) is 55.9 Å². The standard InChI is InChI=1S/C21H32FN3O5S.C20H30FN3O6S.C10H14FN3O2S.C9H12FN3O3S/c1-9-13-12(2)15(22)16(31-13)24-11-10-14(23-17(24)26)25(18(27)29-20(3,4)5)19(28)30-21(6,7)8;1-11-12(10-25)31-15(14(11)21)23-9-8-13(22-16(23)26)24(17(27)29-19(2,3)4)18(28)30-20(5,6)7;1-2-5-8(15)7(11)9(17-5)14-4-3-6(12)13-10(14)16;10-6-7(15)4(3-14)17-8(6)13-2-1-5(11)12-9(13)16/h10-13,15-16H,9H2,1-8H3;8-9,11-12,14-15,25H,10H2,1-7H3;3-5,7-9,15H,2H2,1H3,(H2,12,13,16);1-2,4,6-8,14-15H,3H2,(H2,11,12,16)/t12-,13-,15+,16-;11-,12-,14+,15-;5-,7+,8-,9-;4-,6+,7-,8-/m1111/s1. The summed E-state index contributed by atoms with van der Waals surface area (Å²) in [4.78, 5) is 115. The van der Waals surface area contributed by atoms with E-state index in [2.05, 4.69) is 19.9 Å². The average Bonchev–Trinajstić information content (AvgIpc) is 1.66. The number of hydrogen-bond donors (Lipinski definition) is 6. The molecule has 0 aliphatic carbocycles. The first kappa shape index (κ1) is 80.2. The largest absolute Gasteiger partial charge is 0.443 e. The van der Waals surface area contributed by atoms with Crippen molar-refractivity contribution in [3.05, 3.63) is 91.0 Å². The molecule has 0 bridgehead atoms. The molecule has 4 aromatic rings. The van der Waals surface area contributed by atoms with E-state index in [1.807, 2.05) is 20.8 Å². The number of nitrogens with two attached hydrogens (primary N) is 2. The lowest BCUT2D eigenvalue weighted by Crippen LogP contribution is -2.45. The van der Waals surface area contributed by atoms with E-state index < -0.39 is 139 Å². The van der Waals surface area contributed by atoms with Crippen LogP contribution in [0.5, 0.6) is 0 Å². The number of amides is 4. The highest BCUT2D eigenvalue weighted by molar-refractivity contribution is 8.01. The Kier molecular flexibility index (Phi) is 27.5. The number of aliphatic hydroxyl groups is 4. The molecule has 8 rings (SSSR count). The minimum absolute atomic E-state index is 0.0592. The van der Waals surface area contributed by atoms with Crippen LogP contribution in [0.15, 0.2) is 68.2 Å². The quantitative estimate of drug-likeness (QED) is 0.0645. The molecule has 0 spiro atoms. The van der Waals surface area contributed by atoms with Gasteiger partial charge in [0.05, 0.1) is 24.6 Å². The molecule has 4 fully saturated rings. The second kappa shape index (κ2) is 32.9. The van der Waals surface area contributed by atoms with Crippen LogP contribution in [-0.4, -0.2) is 177 Å². The van der Waals surface area contributed by atoms with Gasteiger partial charge in [0, 0.05) is 52.4 Å². The van der Waals surface area contributed by atoms with Crippen LogP contribution < -0.4 is 44.0 Å². The number of anilines is 4. The van der Waals surface area contributed by atoms with Crippen molar-refractivity contribution in [2.75, 3.05) is 34.5 Å². The van der Waals surface area contributed by atoms with Crippen LogP contribution >= 0.6 is 47.0 Å². The first-order chi connectivity index (χ1) is 44.4. The second-order valence-electron chi connectivity index (χ2n) is 26.5. The summed E-state index contributed by atoms with van der Waals surface area (Å²) in [5.41, 5.74) is 4.22. The minimum Gasteiger partial charge on any atom is -0.443 e. The van der Waals surface area contributed by atoms with Gasteiger partial charge < -0.3 is 50.8 Å². The summed E-state index contributed by atoms with van der Waals surface area (Å²) >= 11 is 4.79. The molecule has 4 saturated heterocycles. The molecule has 536 valence electrons. The van der Waals surface area contributed by atoms with Crippen LogP contribution in [0, 0.1) is 11.8 Å². The Hall–Kier alpha value is -6.44. The number of nitrogens with zero attached hydrogens (tertiary/aromatic N) is 10. The third-order valence-electron chi connectivity index (χ3n) is 14.3. The SMILES string of the molecule is CC[C@H]1S[C@@H](n2ccc(N(C(=O)OC(C)(C)C)C(=O)OC(C)(C)C)nc2=O)[C@@H](F)[C@@H]1C.CC[C@H]1S[C@@H](n2ccc(N)nc2=O)[C@@H](F)[C@@H]1O.C[C@H]1[C@H](F)[C@H](n2ccc(N(C(=O)OC(C)(C)C)C(=O)OC(C)(C)C)nc2=O)S[C@@H]1CO.Nc1ccn([C@@H]2S[C@H](CO)[C@@H](O)[C@@H]2F)c(=O)n1. The Bertz CT molecular complexity index is 3300. The molecule has 8 N–H and O–H groups in total. The van der Waals surface area contributed by atoms with E-state index in [1.54, 1.807) is 90.0 Å². The summed E-state index contributed by atoms with van der Waals surface area (Å²) < 4.78 is 82.8. The maximum atomic E-state index is 14.8. The summed E-state index contributed by atoms with van der Waals surface area (Å²) in [6, 6.07) is 5.39. The van der Waals surface area contributed by atoms with Gasteiger partial charge in [-0.15, -0.1) is 47.0 Å². The number of nitrogen functional groups attached to an aromatic ring is 2. The molecule has 0 unspecified atom stereocenters. The van der Waals surface area contributed by atoms with E-state index in [0.29, 0.717) is 16.2 Å². The zero-order chi connectivity index (χ0) is 72.6. The van der Waals surface area contributed by atoms with E-state index in [0.717, 1.165) is 39.1 Å². The Morgan fingerprint density at radius 1 is 0.458 bits per heavy atom. The lowest BCUT2D eigenvalue weighted by molar-refractivity contribution is 0.0406. The maximum absolute atomic E-state index is 14.8. The maximum Gasteiger partial charge on any atom is 0.425 e. The third-order valence-corrected chi connectivity index (χ3v) is 21.1. The first-order valence-corrected chi connectivity index (χ1v) is 34.3. The minimum atomic E-state index is -1.62. The molecule has 16 atom stereocenters. The van der Waals surface area contributed by atoms with Crippen molar-refractivity contribution in [1.82, 2.24) is 38.2 Å². The molecule has 4 aliphatic rings. The Morgan fingerprint density at radius 2 is 0.719 bits per heavy atom. The molecule has 8 heterocycles. The van der Waals surface area contributed by atoms with E-state index in [-0.39, 0.29) is 58.2 Å². The van der Waals surface area contributed by atoms with Crippen LogP contribution in [0.3, 0.4) is 0 Å². The number of aliphatic hydroxyl groups excluding tert-OH is 4. The van der Waals surface area contributed by atoms with Gasteiger partial charge in [0.1, 0.15) is 74.0 Å². The monoisotopic (exact) mass is 1440 g/mol. The van der Waals surface area contributed by atoms with Crippen molar-refractivity contribution < 1.29 is 76.1 Å². The number of thioether (sulfide) groups is 4. The lowest BCUT2D eigenvalue weighted by Gasteiger charge is -2.28. The predicted octanol–water partition coefficient (Wildman–Crippen LogP) is 8.10. The summed E-state index contributed by atoms with van der Waals surface area (Å²) in [5.74, 6) is -1.03. The first-order valence-electron chi connectivity index (χ1n) is 30.5. The molecule has 28 nitrogen and oxygen atoms in total. The van der Waals surface area contributed by atoms with Crippen molar-refractivity contribution >= 4 is 94.7 Å².